The molecule has 1 saturated carbocycles. The van der Waals surface area contributed by atoms with E-state index in [4.69, 9.17) is 4.74 Å². The summed E-state index contributed by atoms with van der Waals surface area (Å²) in [5.41, 5.74) is 0.836. The molecule has 0 aromatic carbocycles. The fourth-order valence-electron chi connectivity index (χ4n) is 4.11. The van der Waals surface area contributed by atoms with Gasteiger partial charge in [-0.1, -0.05) is 19.3 Å². The van der Waals surface area contributed by atoms with Crippen molar-refractivity contribution in [2.24, 2.45) is 0 Å². The smallest absolute Gasteiger partial charge is 0.0483 e. The average Bonchev–Trinajstić information content (AvgIpc) is 2.41. The second kappa shape index (κ2) is 5.10. The Hall–Kier alpha value is -0.120. The number of ether oxygens (including phenoxy) is 1. The average molecular weight is 252 g/mol. The summed E-state index contributed by atoms with van der Waals surface area (Å²) in [6, 6.07) is 0. The molecule has 0 aromatic heterocycles. The van der Waals surface area contributed by atoms with Gasteiger partial charge in [0, 0.05) is 43.9 Å². The molecule has 3 fully saturated rings. The molecule has 3 nitrogen and oxygen atoms in total. The first-order valence-corrected chi connectivity index (χ1v) is 7.80. The van der Waals surface area contributed by atoms with Gasteiger partial charge in [0.25, 0.3) is 0 Å². The van der Waals surface area contributed by atoms with E-state index in [0.29, 0.717) is 11.1 Å². The maximum atomic E-state index is 5.55. The SMILES string of the molecule is CC1(N2CCNC3(CCCCC3)C2)CCOCC1. The predicted molar refractivity (Wildman–Crippen MR) is 73.8 cm³/mol. The van der Waals surface area contributed by atoms with Gasteiger partial charge in [-0.05, 0) is 32.6 Å². The lowest BCUT2D eigenvalue weighted by Gasteiger charge is -2.53. The van der Waals surface area contributed by atoms with Crippen molar-refractivity contribution in [3.05, 3.63) is 0 Å². The highest BCUT2D eigenvalue weighted by molar-refractivity contribution is 5.01. The van der Waals surface area contributed by atoms with E-state index in [-0.39, 0.29) is 0 Å². The molecule has 0 unspecified atom stereocenters. The molecule has 3 rings (SSSR count). The molecule has 0 bridgehead atoms. The second-order valence-electron chi connectivity index (χ2n) is 6.80. The third-order valence-corrected chi connectivity index (χ3v) is 5.52. The van der Waals surface area contributed by atoms with Crippen molar-refractivity contribution in [2.75, 3.05) is 32.8 Å². The van der Waals surface area contributed by atoms with Crippen LogP contribution in [0.1, 0.15) is 51.9 Å². The first-order valence-electron chi connectivity index (χ1n) is 7.80. The lowest BCUT2D eigenvalue weighted by molar-refractivity contribution is -0.0469. The topological polar surface area (TPSA) is 24.5 Å². The van der Waals surface area contributed by atoms with Crippen LogP contribution in [0.2, 0.25) is 0 Å². The molecule has 0 amide bonds. The molecule has 2 heterocycles. The Morgan fingerprint density at radius 1 is 1.00 bits per heavy atom. The Bertz CT molecular complexity index is 261. The van der Waals surface area contributed by atoms with E-state index in [1.54, 1.807) is 0 Å². The van der Waals surface area contributed by atoms with Gasteiger partial charge in [-0.25, -0.2) is 0 Å². The van der Waals surface area contributed by atoms with Gasteiger partial charge < -0.3 is 10.1 Å². The van der Waals surface area contributed by atoms with E-state index >= 15 is 0 Å². The molecule has 1 aliphatic carbocycles. The molecule has 1 spiro atoms. The van der Waals surface area contributed by atoms with Gasteiger partial charge >= 0.3 is 0 Å². The van der Waals surface area contributed by atoms with Crippen LogP contribution in [0.25, 0.3) is 0 Å². The van der Waals surface area contributed by atoms with Crippen LogP contribution < -0.4 is 5.32 Å². The highest BCUT2D eigenvalue weighted by Crippen LogP contribution is 2.35. The van der Waals surface area contributed by atoms with E-state index in [0.717, 1.165) is 13.2 Å². The van der Waals surface area contributed by atoms with Crippen LogP contribution in [0, 0.1) is 0 Å². The van der Waals surface area contributed by atoms with E-state index in [1.165, 1.54) is 64.6 Å². The number of hydrogen-bond donors (Lipinski definition) is 1. The monoisotopic (exact) mass is 252 g/mol. The standard InChI is InChI=1S/C15H28N2O/c1-14(7-11-18-12-8-14)17-10-9-16-15(13-17)5-3-2-4-6-15/h16H,2-13H2,1H3. The Labute approximate surface area is 111 Å². The lowest BCUT2D eigenvalue weighted by atomic mass is 9.78. The minimum atomic E-state index is 0.394. The zero-order valence-corrected chi connectivity index (χ0v) is 11.8. The van der Waals surface area contributed by atoms with Crippen molar-refractivity contribution in [3.8, 4) is 0 Å². The summed E-state index contributed by atoms with van der Waals surface area (Å²) in [6.45, 7) is 8.02. The predicted octanol–water partition coefficient (Wildman–Crippen LogP) is 2.16. The first kappa shape index (κ1) is 12.9. The van der Waals surface area contributed by atoms with Crippen molar-refractivity contribution in [3.63, 3.8) is 0 Å². The number of nitrogens with zero attached hydrogens (tertiary/aromatic N) is 1. The summed E-state index contributed by atoms with van der Waals surface area (Å²) >= 11 is 0. The molecule has 2 saturated heterocycles. The molecular formula is C15H28N2O. The van der Waals surface area contributed by atoms with E-state index < -0.39 is 0 Å². The van der Waals surface area contributed by atoms with E-state index in [1.807, 2.05) is 0 Å². The molecule has 3 aliphatic rings. The first-order chi connectivity index (χ1) is 8.73. The summed E-state index contributed by atoms with van der Waals surface area (Å²) in [6.07, 6.45) is 9.47. The van der Waals surface area contributed by atoms with E-state index in [2.05, 4.69) is 17.1 Å². The molecular weight excluding hydrogens is 224 g/mol. The normalized spacial score (nSPS) is 32.5. The molecule has 18 heavy (non-hydrogen) atoms. The van der Waals surface area contributed by atoms with Gasteiger partial charge in [-0.3, -0.25) is 4.90 Å². The fourth-order valence-corrected chi connectivity index (χ4v) is 4.11. The van der Waals surface area contributed by atoms with Crippen molar-refractivity contribution >= 4 is 0 Å². The molecule has 104 valence electrons. The summed E-state index contributed by atoms with van der Waals surface area (Å²) in [4.78, 5) is 2.78. The van der Waals surface area contributed by atoms with Gasteiger partial charge in [0.2, 0.25) is 0 Å². The van der Waals surface area contributed by atoms with Crippen LogP contribution in [0.3, 0.4) is 0 Å². The largest absolute Gasteiger partial charge is 0.381 e. The maximum Gasteiger partial charge on any atom is 0.0483 e. The summed E-state index contributed by atoms with van der Waals surface area (Å²) in [5.74, 6) is 0. The third-order valence-electron chi connectivity index (χ3n) is 5.52. The highest BCUT2D eigenvalue weighted by Gasteiger charge is 2.42. The van der Waals surface area contributed by atoms with Crippen LogP contribution in [-0.2, 0) is 4.74 Å². The van der Waals surface area contributed by atoms with Crippen LogP contribution in [0.15, 0.2) is 0 Å². The number of rotatable bonds is 1. The highest BCUT2D eigenvalue weighted by atomic mass is 16.5. The second-order valence-corrected chi connectivity index (χ2v) is 6.80. The van der Waals surface area contributed by atoms with Crippen molar-refractivity contribution in [2.45, 2.75) is 62.9 Å². The molecule has 3 heteroatoms. The Balaban J connectivity index is 1.69. The third kappa shape index (κ3) is 2.45. The Morgan fingerprint density at radius 3 is 2.44 bits per heavy atom. The van der Waals surface area contributed by atoms with Gasteiger partial charge in [0.05, 0.1) is 0 Å². The van der Waals surface area contributed by atoms with Gasteiger partial charge in [0.1, 0.15) is 0 Å². The van der Waals surface area contributed by atoms with Crippen LogP contribution in [-0.4, -0.2) is 48.8 Å². The minimum absolute atomic E-state index is 0.394. The molecule has 1 N–H and O–H groups in total. The molecule has 2 aliphatic heterocycles. The minimum Gasteiger partial charge on any atom is -0.381 e. The number of hydrogen-bond acceptors (Lipinski definition) is 3. The summed E-state index contributed by atoms with van der Waals surface area (Å²) in [5, 5.41) is 3.85. The van der Waals surface area contributed by atoms with Crippen molar-refractivity contribution in [1.29, 1.82) is 0 Å². The Morgan fingerprint density at radius 2 is 1.72 bits per heavy atom. The zero-order valence-electron chi connectivity index (χ0n) is 11.8. The lowest BCUT2D eigenvalue weighted by Crippen LogP contribution is -2.66. The van der Waals surface area contributed by atoms with Crippen molar-refractivity contribution < 1.29 is 4.74 Å². The number of nitrogens with one attached hydrogen (secondary N) is 1. The number of piperazine rings is 1. The Kier molecular flexibility index (Phi) is 3.65. The zero-order chi connectivity index (χ0) is 12.5. The van der Waals surface area contributed by atoms with Gasteiger partial charge in [0.15, 0.2) is 0 Å². The maximum absolute atomic E-state index is 5.55. The summed E-state index contributed by atoms with van der Waals surface area (Å²) < 4.78 is 5.55. The van der Waals surface area contributed by atoms with Crippen LogP contribution >= 0.6 is 0 Å². The summed E-state index contributed by atoms with van der Waals surface area (Å²) in [7, 11) is 0. The molecule has 0 radical (unpaired) electrons. The van der Waals surface area contributed by atoms with Gasteiger partial charge in [-0.2, -0.15) is 0 Å². The van der Waals surface area contributed by atoms with Crippen molar-refractivity contribution in [1.82, 2.24) is 10.2 Å². The van der Waals surface area contributed by atoms with Crippen LogP contribution in [0.5, 0.6) is 0 Å². The fraction of sp³-hybridized carbons (Fsp3) is 1.00. The van der Waals surface area contributed by atoms with Crippen LogP contribution in [0.4, 0.5) is 0 Å². The quantitative estimate of drug-likeness (QED) is 0.774. The van der Waals surface area contributed by atoms with Gasteiger partial charge in [-0.15, -0.1) is 0 Å². The van der Waals surface area contributed by atoms with E-state index in [9.17, 15) is 0 Å². The molecule has 0 aromatic rings. The molecule has 0 atom stereocenters.